The van der Waals surface area contributed by atoms with Crippen LogP contribution in [0.15, 0.2) is 42.6 Å². The molecule has 1 N–H and O–H groups in total. The fourth-order valence-corrected chi connectivity index (χ4v) is 1.67. The summed E-state index contributed by atoms with van der Waals surface area (Å²) in [7, 11) is 1.85. The van der Waals surface area contributed by atoms with Gasteiger partial charge in [0.1, 0.15) is 11.6 Å². The lowest BCUT2D eigenvalue weighted by atomic mass is 10.1. The van der Waals surface area contributed by atoms with E-state index < -0.39 is 6.10 Å². The largest absolute Gasteiger partial charge is 0.389 e. The summed E-state index contributed by atoms with van der Waals surface area (Å²) in [5.74, 6) is 0.442. The summed E-state index contributed by atoms with van der Waals surface area (Å²) in [6.45, 7) is 1.71. The van der Waals surface area contributed by atoms with Crippen LogP contribution in [0.4, 0.5) is 15.9 Å². The van der Waals surface area contributed by atoms with E-state index in [1.807, 2.05) is 18.0 Å². The third-order valence-electron chi connectivity index (χ3n) is 2.81. The van der Waals surface area contributed by atoms with Crippen molar-refractivity contribution in [1.82, 2.24) is 4.98 Å². The number of hydrogen-bond donors (Lipinski definition) is 1. The average molecular weight is 246 g/mol. The van der Waals surface area contributed by atoms with Crippen LogP contribution >= 0.6 is 0 Å². The van der Waals surface area contributed by atoms with Gasteiger partial charge in [0.15, 0.2) is 0 Å². The first-order valence-electron chi connectivity index (χ1n) is 5.71. The summed E-state index contributed by atoms with van der Waals surface area (Å²) in [6.07, 6.45) is 1.12. The van der Waals surface area contributed by atoms with Crippen molar-refractivity contribution in [2.24, 2.45) is 0 Å². The van der Waals surface area contributed by atoms with E-state index in [9.17, 15) is 9.50 Å². The highest BCUT2D eigenvalue weighted by Crippen LogP contribution is 2.24. The first-order chi connectivity index (χ1) is 8.58. The predicted octanol–water partition coefficient (Wildman–Crippen LogP) is 3.04. The molecule has 0 saturated heterocycles. The van der Waals surface area contributed by atoms with Crippen molar-refractivity contribution in [1.29, 1.82) is 0 Å². The average Bonchev–Trinajstić information content (AvgIpc) is 2.39. The maximum atomic E-state index is 12.9. The quantitative estimate of drug-likeness (QED) is 0.904. The van der Waals surface area contributed by atoms with Crippen molar-refractivity contribution in [3.05, 3.63) is 54.0 Å². The Hall–Kier alpha value is -1.94. The van der Waals surface area contributed by atoms with Crippen LogP contribution in [-0.4, -0.2) is 17.1 Å². The van der Waals surface area contributed by atoms with Crippen LogP contribution in [-0.2, 0) is 0 Å². The number of aliphatic hydroxyl groups is 1. The maximum absolute atomic E-state index is 12.9. The van der Waals surface area contributed by atoms with Crippen molar-refractivity contribution in [3.63, 3.8) is 0 Å². The van der Waals surface area contributed by atoms with Crippen molar-refractivity contribution >= 4 is 11.5 Å². The van der Waals surface area contributed by atoms with E-state index in [2.05, 4.69) is 4.98 Å². The number of rotatable bonds is 3. The van der Waals surface area contributed by atoms with Gasteiger partial charge in [-0.1, -0.05) is 0 Å². The van der Waals surface area contributed by atoms with Gasteiger partial charge in [0, 0.05) is 18.9 Å². The molecule has 0 unspecified atom stereocenters. The third-order valence-corrected chi connectivity index (χ3v) is 2.81. The smallest absolute Gasteiger partial charge is 0.133 e. The maximum Gasteiger partial charge on any atom is 0.133 e. The van der Waals surface area contributed by atoms with Crippen molar-refractivity contribution < 1.29 is 9.50 Å². The first kappa shape index (κ1) is 12.5. The fourth-order valence-electron chi connectivity index (χ4n) is 1.67. The zero-order valence-electron chi connectivity index (χ0n) is 10.3. The van der Waals surface area contributed by atoms with Crippen molar-refractivity contribution in [3.8, 4) is 0 Å². The van der Waals surface area contributed by atoms with E-state index in [4.69, 9.17) is 0 Å². The number of hydrogen-bond acceptors (Lipinski definition) is 3. The van der Waals surface area contributed by atoms with Gasteiger partial charge in [-0.2, -0.15) is 0 Å². The summed E-state index contributed by atoms with van der Waals surface area (Å²) < 4.78 is 12.9. The topological polar surface area (TPSA) is 36.4 Å². The number of anilines is 2. The zero-order valence-corrected chi connectivity index (χ0v) is 10.3. The molecule has 0 bridgehead atoms. The molecule has 2 aromatic rings. The Morgan fingerprint density at radius 2 is 1.89 bits per heavy atom. The third kappa shape index (κ3) is 2.65. The van der Waals surface area contributed by atoms with Crippen LogP contribution in [0.25, 0.3) is 0 Å². The molecule has 0 amide bonds. The predicted molar refractivity (Wildman–Crippen MR) is 69.3 cm³/mol. The highest BCUT2D eigenvalue weighted by atomic mass is 19.1. The van der Waals surface area contributed by atoms with Gasteiger partial charge in [0.2, 0.25) is 0 Å². The Labute approximate surface area is 106 Å². The molecule has 0 fully saturated rings. The van der Waals surface area contributed by atoms with Gasteiger partial charge in [-0.25, -0.2) is 9.37 Å². The Kier molecular flexibility index (Phi) is 3.58. The van der Waals surface area contributed by atoms with Crippen LogP contribution in [0, 0.1) is 5.82 Å². The molecule has 1 aromatic carbocycles. The van der Waals surface area contributed by atoms with Gasteiger partial charge >= 0.3 is 0 Å². The van der Waals surface area contributed by atoms with E-state index >= 15 is 0 Å². The lowest BCUT2D eigenvalue weighted by molar-refractivity contribution is 0.199. The number of aliphatic hydroxyl groups excluding tert-OH is 1. The van der Waals surface area contributed by atoms with E-state index in [1.165, 1.54) is 12.1 Å². The monoisotopic (exact) mass is 246 g/mol. The van der Waals surface area contributed by atoms with Gasteiger partial charge in [-0.15, -0.1) is 0 Å². The second-order valence-corrected chi connectivity index (χ2v) is 4.16. The van der Waals surface area contributed by atoms with Crippen LogP contribution in [0.3, 0.4) is 0 Å². The van der Waals surface area contributed by atoms with Crippen molar-refractivity contribution in [2.45, 2.75) is 13.0 Å². The number of aromatic nitrogens is 1. The van der Waals surface area contributed by atoms with E-state index in [1.54, 1.807) is 31.3 Å². The number of nitrogens with zero attached hydrogens (tertiary/aromatic N) is 2. The molecule has 0 aliphatic rings. The van der Waals surface area contributed by atoms with Gasteiger partial charge in [0.05, 0.1) is 6.10 Å². The molecule has 0 spiro atoms. The van der Waals surface area contributed by atoms with Crippen LogP contribution in [0.2, 0.25) is 0 Å². The fraction of sp³-hybridized carbons (Fsp3) is 0.214. The molecule has 3 nitrogen and oxygen atoms in total. The molecule has 1 atom stereocenters. The SMILES string of the molecule is C[C@@H](O)c1ccnc(N(C)c2ccc(F)cc2)c1. The lowest BCUT2D eigenvalue weighted by Crippen LogP contribution is -2.11. The Morgan fingerprint density at radius 3 is 2.50 bits per heavy atom. The highest BCUT2D eigenvalue weighted by Gasteiger charge is 2.08. The standard InChI is InChI=1S/C14H15FN2O/c1-10(18)11-7-8-16-14(9-11)17(2)13-5-3-12(15)4-6-13/h3-10,18H,1-2H3/t10-/m1/s1. The Morgan fingerprint density at radius 1 is 1.22 bits per heavy atom. The molecule has 1 aromatic heterocycles. The minimum atomic E-state index is -0.534. The summed E-state index contributed by atoms with van der Waals surface area (Å²) in [5, 5.41) is 9.54. The molecular weight excluding hydrogens is 231 g/mol. The summed E-state index contributed by atoms with van der Waals surface area (Å²) >= 11 is 0. The van der Waals surface area contributed by atoms with Crippen LogP contribution in [0.1, 0.15) is 18.6 Å². The van der Waals surface area contributed by atoms with E-state index in [0.29, 0.717) is 5.82 Å². The molecule has 18 heavy (non-hydrogen) atoms. The van der Waals surface area contributed by atoms with Gasteiger partial charge in [-0.05, 0) is 48.9 Å². The molecular formula is C14H15FN2O. The molecule has 4 heteroatoms. The van der Waals surface area contributed by atoms with Crippen LogP contribution < -0.4 is 4.90 Å². The minimum absolute atomic E-state index is 0.266. The minimum Gasteiger partial charge on any atom is -0.389 e. The summed E-state index contributed by atoms with van der Waals surface area (Å²) in [6, 6.07) is 9.77. The number of halogens is 1. The highest BCUT2D eigenvalue weighted by molar-refractivity contribution is 5.59. The molecule has 1 heterocycles. The Balaban J connectivity index is 2.30. The number of benzene rings is 1. The van der Waals surface area contributed by atoms with E-state index in [-0.39, 0.29) is 5.82 Å². The van der Waals surface area contributed by atoms with Gasteiger partial charge in [0.25, 0.3) is 0 Å². The van der Waals surface area contributed by atoms with E-state index in [0.717, 1.165) is 11.3 Å². The van der Waals surface area contributed by atoms with Gasteiger partial charge in [-0.3, -0.25) is 0 Å². The molecule has 0 radical (unpaired) electrons. The normalized spacial score (nSPS) is 12.2. The molecule has 94 valence electrons. The van der Waals surface area contributed by atoms with Crippen molar-refractivity contribution in [2.75, 3.05) is 11.9 Å². The molecule has 0 aliphatic carbocycles. The second kappa shape index (κ2) is 5.14. The summed E-state index contributed by atoms with van der Waals surface area (Å²) in [5.41, 5.74) is 1.64. The second-order valence-electron chi connectivity index (χ2n) is 4.16. The first-order valence-corrected chi connectivity index (χ1v) is 5.71. The summed E-state index contributed by atoms with van der Waals surface area (Å²) in [4.78, 5) is 6.08. The Bertz CT molecular complexity index is 526. The van der Waals surface area contributed by atoms with Gasteiger partial charge < -0.3 is 10.0 Å². The molecule has 0 saturated carbocycles. The molecule has 2 rings (SSSR count). The van der Waals surface area contributed by atoms with Crippen LogP contribution in [0.5, 0.6) is 0 Å². The zero-order chi connectivity index (χ0) is 13.1. The molecule has 0 aliphatic heterocycles. The lowest BCUT2D eigenvalue weighted by Gasteiger charge is -2.19. The number of pyridine rings is 1.